The van der Waals surface area contributed by atoms with E-state index < -0.39 is 6.23 Å². The Morgan fingerprint density at radius 2 is 2.19 bits per heavy atom. The first-order valence-electron chi connectivity index (χ1n) is 11.4. The number of anilines is 1. The zero-order valence-electron chi connectivity index (χ0n) is 18.7. The highest BCUT2D eigenvalue weighted by atomic mass is 32.1. The number of aromatic nitrogens is 2. The lowest BCUT2D eigenvalue weighted by atomic mass is 9.87. The highest BCUT2D eigenvalue weighted by molar-refractivity contribution is 7.12. The van der Waals surface area contributed by atoms with Crippen LogP contribution in [0.15, 0.2) is 48.4 Å². The third kappa shape index (κ3) is 5.11. The molecule has 2 aromatic heterocycles. The molecule has 0 saturated heterocycles. The average molecular weight is 453 g/mol. The molecular weight excluding hydrogens is 420 g/mol. The monoisotopic (exact) mass is 452 g/mol. The Bertz CT molecular complexity index is 1050. The predicted molar refractivity (Wildman–Crippen MR) is 131 cm³/mol. The molecule has 2 N–H and O–H groups in total. The SMILES string of the molecule is C=CCCn1c(NC(=O)c2cccs2)nc2ccc(CN(C)C(O)C3CCCCC3)cc21. The van der Waals surface area contributed by atoms with Gasteiger partial charge in [0.05, 0.1) is 15.9 Å². The van der Waals surface area contributed by atoms with E-state index in [4.69, 9.17) is 0 Å². The van der Waals surface area contributed by atoms with Crippen molar-refractivity contribution < 1.29 is 9.90 Å². The topological polar surface area (TPSA) is 70.4 Å². The quantitative estimate of drug-likeness (QED) is 0.343. The van der Waals surface area contributed by atoms with Gasteiger partial charge in [-0.2, -0.15) is 0 Å². The number of hydrogen-bond donors (Lipinski definition) is 2. The third-order valence-electron chi connectivity index (χ3n) is 6.29. The van der Waals surface area contributed by atoms with Gasteiger partial charge in [-0.1, -0.05) is 37.5 Å². The van der Waals surface area contributed by atoms with Crippen LogP contribution in [0.1, 0.15) is 53.8 Å². The standard InChI is InChI=1S/C25H32N4O2S/c1-3-4-14-29-21-16-18(17-28(2)24(31)19-9-6-5-7-10-19)12-13-20(21)26-25(29)27-23(30)22-11-8-15-32-22/h3,8,11-13,15-16,19,24,31H,1,4-7,9-10,14,17H2,2H3,(H,26,27,30). The summed E-state index contributed by atoms with van der Waals surface area (Å²) in [6.07, 6.45) is 8.14. The highest BCUT2D eigenvalue weighted by Gasteiger charge is 2.25. The Labute approximate surface area is 193 Å². The number of nitrogens with one attached hydrogen (secondary N) is 1. The zero-order valence-corrected chi connectivity index (χ0v) is 19.5. The first-order chi connectivity index (χ1) is 15.6. The van der Waals surface area contributed by atoms with Crippen LogP contribution in [-0.4, -0.2) is 38.7 Å². The molecule has 0 spiro atoms. The molecule has 4 rings (SSSR count). The lowest BCUT2D eigenvalue weighted by Crippen LogP contribution is -2.38. The molecule has 1 aliphatic carbocycles. The van der Waals surface area contributed by atoms with E-state index in [2.05, 4.69) is 29.0 Å². The van der Waals surface area contributed by atoms with Crippen molar-refractivity contribution in [3.8, 4) is 0 Å². The maximum atomic E-state index is 12.6. The largest absolute Gasteiger partial charge is 0.378 e. The number of imidazole rings is 1. The number of aryl methyl sites for hydroxylation is 1. The molecule has 1 unspecified atom stereocenters. The summed E-state index contributed by atoms with van der Waals surface area (Å²) in [5, 5.41) is 15.7. The number of aliphatic hydroxyl groups is 1. The summed E-state index contributed by atoms with van der Waals surface area (Å²) in [6.45, 7) is 5.19. The van der Waals surface area contributed by atoms with Crippen LogP contribution in [0.4, 0.5) is 5.95 Å². The molecule has 32 heavy (non-hydrogen) atoms. The fourth-order valence-corrected chi connectivity index (χ4v) is 5.17. The summed E-state index contributed by atoms with van der Waals surface area (Å²) >= 11 is 1.41. The summed E-state index contributed by atoms with van der Waals surface area (Å²) in [5.41, 5.74) is 2.94. The molecule has 2 heterocycles. The first-order valence-corrected chi connectivity index (χ1v) is 12.3. The molecule has 0 bridgehead atoms. The Balaban J connectivity index is 1.56. The Hall–Kier alpha value is -2.48. The Morgan fingerprint density at radius 3 is 2.91 bits per heavy atom. The number of fused-ring (bicyclic) bond motifs is 1. The van der Waals surface area contributed by atoms with Gasteiger partial charge in [-0.25, -0.2) is 4.98 Å². The molecular formula is C25H32N4O2S. The summed E-state index contributed by atoms with van der Waals surface area (Å²) in [7, 11) is 1.99. The molecule has 6 nitrogen and oxygen atoms in total. The lowest BCUT2D eigenvalue weighted by molar-refractivity contribution is -0.0408. The van der Waals surface area contributed by atoms with Gasteiger partial charge in [0.2, 0.25) is 5.95 Å². The molecule has 1 atom stereocenters. The van der Waals surface area contributed by atoms with Crippen LogP contribution < -0.4 is 5.32 Å². The summed E-state index contributed by atoms with van der Waals surface area (Å²) in [6, 6.07) is 9.85. The molecule has 170 valence electrons. The van der Waals surface area contributed by atoms with Gasteiger partial charge in [-0.05, 0) is 61.4 Å². The number of carbonyl (C=O) groups excluding carboxylic acids is 1. The van der Waals surface area contributed by atoms with Crippen molar-refractivity contribution in [1.82, 2.24) is 14.5 Å². The fraction of sp³-hybridized carbons (Fsp3) is 0.440. The van der Waals surface area contributed by atoms with E-state index in [9.17, 15) is 9.90 Å². The van der Waals surface area contributed by atoms with Gasteiger partial charge in [0.1, 0.15) is 6.23 Å². The minimum atomic E-state index is -0.419. The van der Waals surface area contributed by atoms with Crippen molar-refractivity contribution in [3.05, 3.63) is 58.8 Å². The van der Waals surface area contributed by atoms with Crippen LogP contribution in [0, 0.1) is 5.92 Å². The number of rotatable bonds is 9. The maximum absolute atomic E-state index is 12.6. The number of benzene rings is 1. The van der Waals surface area contributed by atoms with Gasteiger partial charge in [0.15, 0.2) is 0 Å². The van der Waals surface area contributed by atoms with Crippen LogP contribution in [0.3, 0.4) is 0 Å². The number of hydrogen-bond acceptors (Lipinski definition) is 5. The lowest BCUT2D eigenvalue weighted by Gasteiger charge is -2.33. The van der Waals surface area contributed by atoms with E-state index in [1.807, 2.05) is 46.2 Å². The highest BCUT2D eigenvalue weighted by Crippen LogP contribution is 2.29. The van der Waals surface area contributed by atoms with E-state index in [0.717, 1.165) is 35.9 Å². The van der Waals surface area contributed by atoms with E-state index in [1.165, 1.54) is 30.6 Å². The first kappa shape index (κ1) is 22.7. The smallest absolute Gasteiger partial charge is 0.268 e. The number of nitrogens with zero attached hydrogens (tertiary/aromatic N) is 3. The molecule has 0 radical (unpaired) electrons. The van der Waals surface area contributed by atoms with Crippen LogP contribution in [0.25, 0.3) is 11.0 Å². The van der Waals surface area contributed by atoms with Crippen molar-refractivity contribution >= 4 is 34.2 Å². The summed E-state index contributed by atoms with van der Waals surface area (Å²) < 4.78 is 2.05. The molecule has 1 saturated carbocycles. The molecule has 7 heteroatoms. The average Bonchev–Trinajstić information content (AvgIpc) is 3.46. The van der Waals surface area contributed by atoms with Gasteiger partial charge in [0, 0.05) is 13.1 Å². The molecule has 1 aromatic carbocycles. The number of thiophene rings is 1. The van der Waals surface area contributed by atoms with Crippen molar-refractivity contribution in [2.45, 2.75) is 57.8 Å². The number of allylic oxidation sites excluding steroid dienone is 1. The summed E-state index contributed by atoms with van der Waals surface area (Å²) in [5.74, 6) is 0.758. The maximum Gasteiger partial charge on any atom is 0.268 e. The molecule has 0 aliphatic heterocycles. The molecule has 1 aliphatic rings. The second-order valence-corrected chi connectivity index (χ2v) is 9.59. The molecule has 1 fully saturated rings. The van der Waals surface area contributed by atoms with Gasteiger partial charge < -0.3 is 9.67 Å². The van der Waals surface area contributed by atoms with Crippen LogP contribution >= 0.6 is 11.3 Å². The minimum absolute atomic E-state index is 0.147. The van der Waals surface area contributed by atoms with Crippen LogP contribution in [-0.2, 0) is 13.1 Å². The number of amides is 1. The molecule has 1 amide bonds. The number of carbonyl (C=O) groups is 1. The zero-order chi connectivity index (χ0) is 22.5. The van der Waals surface area contributed by atoms with Gasteiger partial charge >= 0.3 is 0 Å². The van der Waals surface area contributed by atoms with E-state index in [1.54, 1.807) is 0 Å². The van der Waals surface area contributed by atoms with Gasteiger partial charge in [0.25, 0.3) is 5.91 Å². The van der Waals surface area contributed by atoms with Gasteiger partial charge in [-0.3, -0.25) is 15.0 Å². The van der Waals surface area contributed by atoms with Gasteiger partial charge in [-0.15, -0.1) is 17.9 Å². The second-order valence-electron chi connectivity index (χ2n) is 8.65. The molecule has 3 aromatic rings. The van der Waals surface area contributed by atoms with E-state index in [-0.39, 0.29) is 5.91 Å². The van der Waals surface area contributed by atoms with Crippen LogP contribution in [0.5, 0.6) is 0 Å². The van der Waals surface area contributed by atoms with E-state index >= 15 is 0 Å². The third-order valence-corrected chi connectivity index (χ3v) is 7.16. The predicted octanol–water partition coefficient (Wildman–Crippen LogP) is 5.26. The summed E-state index contributed by atoms with van der Waals surface area (Å²) in [4.78, 5) is 20.0. The van der Waals surface area contributed by atoms with Crippen LogP contribution in [0.2, 0.25) is 0 Å². The minimum Gasteiger partial charge on any atom is -0.378 e. The number of aliphatic hydroxyl groups excluding tert-OH is 1. The van der Waals surface area contributed by atoms with Crippen molar-refractivity contribution in [2.75, 3.05) is 12.4 Å². The second kappa shape index (κ2) is 10.4. The van der Waals surface area contributed by atoms with Crippen molar-refractivity contribution in [1.29, 1.82) is 0 Å². The van der Waals surface area contributed by atoms with Crippen molar-refractivity contribution in [3.63, 3.8) is 0 Å². The fourth-order valence-electron chi connectivity index (χ4n) is 4.55. The van der Waals surface area contributed by atoms with Crippen molar-refractivity contribution in [2.24, 2.45) is 5.92 Å². The normalized spacial score (nSPS) is 15.8. The van der Waals surface area contributed by atoms with E-state index in [0.29, 0.717) is 29.8 Å². The Morgan fingerprint density at radius 1 is 1.38 bits per heavy atom. The Kier molecular flexibility index (Phi) is 7.40.